The van der Waals surface area contributed by atoms with Crippen LogP contribution in [-0.2, 0) is 0 Å². The summed E-state index contributed by atoms with van der Waals surface area (Å²) in [6, 6.07) is 6.40. The van der Waals surface area contributed by atoms with Gasteiger partial charge in [-0.2, -0.15) is 0 Å². The maximum absolute atomic E-state index is 13.2. The Labute approximate surface area is 113 Å². The molecule has 0 aromatic heterocycles. The van der Waals surface area contributed by atoms with Gasteiger partial charge in [0.15, 0.2) is 5.78 Å². The molecule has 3 unspecified atom stereocenters. The van der Waals surface area contributed by atoms with Crippen LogP contribution in [0.3, 0.4) is 0 Å². The lowest BCUT2D eigenvalue weighted by atomic mass is 9.77. The van der Waals surface area contributed by atoms with Gasteiger partial charge < -0.3 is 5.32 Å². The summed E-state index contributed by atoms with van der Waals surface area (Å²) in [7, 11) is 0. The molecule has 0 amide bonds. The van der Waals surface area contributed by atoms with Crippen molar-refractivity contribution < 1.29 is 9.18 Å². The van der Waals surface area contributed by atoms with Crippen LogP contribution in [0.4, 0.5) is 4.39 Å². The Kier molecular flexibility index (Phi) is 3.65. The molecule has 0 spiro atoms. The number of Topliss-reactive ketones (excluding diaryl/α,β-unsaturated/α-hetero) is 1. The van der Waals surface area contributed by atoms with E-state index >= 15 is 0 Å². The Bertz CT molecular complexity index is 474. The van der Waals surface area contributed by atoms with E-state index in [9.17, 15) is 9.18 Å². The van der Waals surface area contributed by atoms with Crippen LogP contribution < -0.4 is 5.32 Å². The van der Waals surface area contributed by atoms with Crippen molar-refractivity contribution in [1.29, 1.82) is 0 Å². The van der Waals surface area contributed by atoms with Gasteiger partial charge in [0, 0.05) is 11.6 Å². The summed E-state index contributed by atoms with van der Waals surface area (Å²) in [6.45, 7) is 0. The Morgan fingerprint density at radius 3 is 2.84 bits per heavy atom. The molecular weight excluding hydrogens is 241 g/mol. The van der Waals surface area contributed by atoms with Gasteiger partial charge in [-0.25, -0.2) is 4.39 Å². The fraction of sp³-hybridized carbons (Fsp3) is 0.562. The number of fused-ring (bicyclic) bond motifs is 1. The van der Waals surface area contributed by atoms with Crippen LogP contribution in [0.2, 0.25) is 0 Å². The number of carbonyl (C=O) groups excluding carboxylic acids is 1. The molecule has 102 valence electrons. The van der Waals surface area contributed by atoms with Crippen LogP contribution in [0.5, 0.6) is 0 Å². The third kappa shape index (κ3) is 2.71. The average molecular weight is 261 g/mol. The molecule has 1 N–H and O–H groups in total. The van der Waals surface area contributed by atoms with Crippen LogP contribution in [0.25, 0.3) is 0 Å². The minimum absolute atomic E-state index is 0.0449. The maximum Gasteiger partial charge on any atom is 0.179 e. The molecule has 0 bridgehead atoms. The highest BCUT2D eigenvalue weighted by Crippen LogP contribution is 2.32. The van der Waals surface area contributed by atoms with Gasteiger partial charge in [0.25, 0.3) is 0 Å². The minimum atomic E-state index is -0.336. The van der Waals surface area contributed by atoms with E-state index in [1.807, 2.05) is 0 Å². The lowest BCUT2D eigenvalue weighted by molar-refractivity contribution is 0.0861. The Morgan fingerprint density at radius 2 is 2.00 bits per heavy atom. The molecule has 1 aromatic rings. The molecular formula is C16H20FNO. The van der Waals surface area contributed by atoms with Crippen LogP contribution in [-0.4, -0.2) is 17.9 Å². The lowest BCUT2D eigenvalue weighted by Gasteiger charge is -2.40. The van der Waals surface area contributed by atoms with Crippen LogP contribution >= 0.6 is 0 Å². The SMILES string of the molecule is O=C(c1cccc(F)c1)C1CCC2CCCCC2N1. The van der Waals surface area contributed by atoms with Crippen LogP contribution in [0.15, 0.2) is 24.3 Å². The molecule has 1 saturated carbocycles. The highest BCUT2D eigenvalue weighted by molar-refractivity contribution is 6.00. The Hall–Kier alpha value is -1.22. The van der Waals surface area contributed by atoms with Crippen LogP contribution in [0.1, 0.15) is 48.9 Å². The number of ketones is 1. The molecule has 1 aliphatic heterocycles. The molecule has 3 atom stereocenters. The number of rotatable bonds is 2. The maximum atomic E-state index is 13.2. The summed E-state index contributed by atoms with van der Waals surface area (Å²) in [5.41, 5.74) is 0.492. The second-order valence-electron chi connectivity index (χ2n) is 5.82. The largest absolute Gasteiger partial charge is 0.304 e. The zero-order valence-electron chi connectivity index (χ0n) is 11.1. The van der Waals surface area contributed by atoms with Crippen LogP contribution in [0, 0.1) is 11.7 Å². The minimum Gasteiger partial charge on any atom is -0.304 e. The highest BCUT2D eigenvalue weighted by atomic mass is 19.1. The van der Waals surface area contributed by atoms with Gasteiger partial charge in [-0.3, -0.25) is 4.79 Å². The van der Waals surface area contributed by atoms with Crippen molar-refractivity contribution in [1.82, 2.24) is 5.32 Å². The van der Waals surface area contributed by atoms with E-state index in [2.05, 4.69) is 5.32 Å². The van der Waals surface area contributed by atoms with Gasteiger partial charge in [-0.1, -0.05) is 25.0 Å². The molecule has 1 saturated heterocycles. The number of carbonyl (C=O) groups is 1. The zero-order chi connectivity index (χ0) is 13.2. The highest BCUT2D eigenvalue weighted by Gasteiger charge is 2.34. The van der Waals surface area contributed by atoms with Crippen molar-refractivity contribution in [3.8, 4) is 0 Å². The number of hydrogen-bond acceptors (Lipinski definition) is 2. The molecule has 1 heterocycles. The van der Waals surface area contributed by atoms with Crippen molar-refractivity contribution in [3.05, 3.63) is 35.6 Å². The molecule has 0 radical (unpaired) electrons. The first-order valence-electron chi connectivity index (χ1n) is 7.30. The smallest absolute Gasteiger partial charge is 0.179 e. The van der Waals surface area contributed by atoms with Gasteiger partial charge >= 0.3 is 0 Å². The van der Waals surface area contributed by atoms with E-state index in [4.69, 9.17) is 0 Å². The predicted molar refractivity (Wildman–Crippen MR) is 72.6 cm³/mol. The number of nitrogens with one attached hydrogen (secondary N) is 1. The van der Waals surface area contributed by atoms with Crippen molar-refractivity contribution in [3.63, 3.8) is 0 Å². The van der Waals surface area contributed by atoms with E-state index in [1.165, 1.54) is 37.8 Å². The van der Waals surface area contributed by atoms with Crippen molar-refractivity contribution in [2.45, 2.75) is 50.6 Å². The summed E-state index contributed by atoms with van der Waals surface area (Å²) in [6.07, 6.45) is 7.07. The Balaban J connectivity index is 1.71. The quantitative estimate of drug-likeness (QED) is 0.827. The summed E-state index contributed by atoms with van der Waals surface area (Å²) in [4.78, 5) is 12.4. The lowest BCUT2D eigenvalue weighted by Crippen LogP contribution is -2.52. The average Bonchev–Trinajstić information content (AvgIpc) is 2.46. The van der Waals surface area contributed by atoms with E-state index in [0.717, 1.165) is 18.8 Å². The molecule has 2 aliphatic rings. The van der Waals surface area contributed by atoms with E-state index in [1.54, 1.807) is 12.1 Å². The number of benzene rings is 1. The zero-order valence-corrected chi connectivity index (χ0v) is 11.1. The number of piperidine rings is 1. The molecule has 3 heteroatoms. The molecule has 2 nitrogen and oxygen atoms in total. The van der Waals surface area contributed by atoms with E-state index in [-0.39, 0.29) is 17.6 Å². The molecule has 3 rings (SSSR count). The van der Waals surface area contributed by atoms with Gasteiger partial charge in [-0.15, -0.1) is 0 Å². The standard InChI is InChI=1S/C16H20FNO/c17-13-6-3-5-12(10-13)16(19)15-9-8-11-4-1-2-7-14(11)18-15/h3,5-6,10-11,14-15,18H,1-2,4,7-9H2. The predicted octanol–water partition coefficient (Wildman–Crippen LogP) is 3.32. The summed E-state index contributed by atoms with van der Waals surface area (Å²) in [5.74, 6) is 0.450. The summed E-state index contributed by atoms with van der Waals surface area (Å²) >= 11 is 0. The van der Waals surface area contributed by atoms with E-state index < -0.39 is 0 Å². The topological polar surface area (TPSA) is 29.1 Å². The van der Waals surface area contributed by atoms with Crippen molar-refractivity contribution in [2.24, 2.45) is 5.92 Å². The van der Waals surface area contributed by atoms with Gasteiger partial charge in [0.1, 0.15) is 5.82 Å². The van der Waals surface area contributed by atoms with Crippen molar-refractivity contribution >= 4 is 5.78 Å². The second-order valence-corrected chi connectivity index (χ2v) is 5.82. The first kappa shape index (κ1) is 12.8. The Morgan fingerprint density at radius 1 is 1.16 bits per heavy atom. The van der Waals surface area contributed by atoms with Gasteiger partial charge in [0.2, 0.25) is 0 Å². The molecule has 2 fully saturated rings. The third-order valence-electron chi connectivity index (χ3n) is 4.58. The van der Waals surface area contributed by atoms with Gasteiger partial charge in [0.05, 0.1) is 6.04 Å². The first-order chi connectivity index (χ1) is 9.24. The monoisotopic (exact) mass is 261 g/mol. The second kappa shape index (κ2) is 5.41. The first-order valence-corrected chi connectivity index (χ1v) is 7.30. The van der Waals surface area contributed by atoms with Gasteiger partial charge in [-0.05, 0) is 43.7 Å². The van der Waals surface area contributed by atoms with E-state index in [0.29, 0.717) is 11.6 Å². The normalized spacial score (nSPS) is 30.7. The fourth-order valence-corrected chi connectivity index (χ4v) is 3.54. The molecule has 1 aliphatic carbocycles. The molecule has 19 heavy (non-hydrogen) atoms. The fourth-order valence-electron chi connectivity index (χ4n) is 3.54. The summed E-state index contributed by atoms with van der Waals surface area (Å²) < 4.78 is 13.2. The number of halogens is 1. The summed E-state index contributed by atoms with van der Waals surface area (Å²) in [5, 5.41) is 3.50. The third-order valence-corrected chi connectivity index (χ3v) is 4.58. The van der Waals surface area contributed by atoms with Crippen molar-refractivity contribution in [2.75, 3.05) is 0 Å². The molecule has 1 aromatic carbocycles. The number of hydrogen-bond donors (Lipinski definition) is 1.